The molecular formula is C21H19N5O4P+. The predicted molar refractivity (Wildman–Crippen MR) is 116 cm³/mol. The third kappa shape index (κ3) is 3.98. The van der Waals surface area contributed by atoms with Crippen LogP contribution >= 0.6 is 8.25 Å². The third-order valence-electron chi connectivity index (χ3n) is 5.15. The number of nitrogens with one attached hydrogen (secondary N) is 1. The van der Waals surface area contributed by atoms with Crippen LogP contribution in [0.25, 0.3) is 33.4 Å². The fraction of sp³-hybridized carbons (Fsp3) is 0.190. The van der Waals surface area contributed by atoms with E-state index in [1.807, 2.05) is 24.3 Å². The molecule has 10 heteroatoms. The highest BCUT2D eigenvalue weighted by Gasteiger charge is 2.19. The number of aromatic nitrogens is 4. The van der Waals surface area contributed by atoms with E-state index in [1.54, 1.807) is 24.5 Å². The maximum atomic E-state index is 11.0. The fourth-order valence-electron chi connectivity index (χ4n) is 3.70. The van der Waals surface area contributed by atoms with E-state index in [9.17, 15) is 4.57 Å². The van der Waals surface area contributed by atoms with Crippen LogP contribution in [0.1, 0.15) is 0 Å². The van der Waals surface area contributed by atoms with Crippen molar-refractivity contribution < 1.29 is 18.7 Å². The molecule has 2 N–H and O–H groups in total. The second-order valence-electron chi connectivity index (χ2n) is 7.01. The number of hydrogen-bond acceptors (Lipinski definition) is 7. The molecule has 1 aliphatic heterocycles. The summed E-state index contributed by atoms with van der Waals surface area (Å²) in [7, 11) is -2.70. The number of H-pyrrole nitrogens is 1. The van der Waals surface area contributed by atoms with Gasteiger partial charge in [-0.25, -0.2) is 9.51 Å². The Morgan fingerprint density at radius 1 is 1.10 bits per heavy atom. The van der Waals surface area contributed by atoms with E-state index in [0.717, 1.165) is 52.3 Å². The standard InChI is InChI=1S/C21H18N5O4P/c27-31(28)30-15-3-1-14(2-4-15)17-13-19(26-9-11-29-12-10-26)24-20-16(17)5-7-22-21(20)18-6-8-23-25-18/h1-8,13H,9-12H2,(H-,23,25,27,28)/p+1. The molecule has 4 heterocycles. The number of benzene rings is 1. The van der Waals surface area contributed by atoms with Crippen molar-refractivity contribution in [3.05, 3.63) is 54.9 Å². The molecule has 4 aromatic rings. The Morgan fingerprint density at radius 3 is 2.61 bits per heavy atom. The van der Waals surface area contributed by atoms with Gasteiger partial charge in [0.1, 0.15) is 17.0 Å². The summed E-state index contributed by atoms with van der Waals surface area (Å²) in [6.45, 7) is 2.82. The Bertz CT molecular complexity index is 1220. The lowest BCUT2D eigenvalue weighted by Crippen LogP contribution is -2.36. The average Bonchev–Trinajstić information content (AvgIpc) is 3.33. The minimum Gasteiger partial charge on any atom is -0.378 e. The van der Waals surface area contributed by atoms with E-state index in [0.29, 0.717) is 19.0 Å². The van der Waals surface area contributed by atoms with Crippen LogP contribution in [0.2, 0.25) is 0 Å². The lowest BCUT2D eigenvalue weighted by atomic mass is 10.00. The van der Waals surface area contributed by atoms with Gasteiger partial charge < -0.3 is 9.64 Å². The summed E-state index contributed by atoms with van der Waals surface area (Å²) in [5, 5.41) is 7.97. The molecule has 9 nitrogen and oxygen atoms in total. The zero-order valence-corrected chi connectivity index (χ0v) is 17.3. The van der Waals surface area contributed by atoms with Crippen LogP contribution in [0.5, 0.6) is 5.75 Å². The molecule has 5 rings (SSSR count). The largest absolute Gasteiger partial charge is 0.747 e. The van der Waals surface area contributed by atoms with Gasteiger partial charge in [0.2, 0.25) is 0 Å². The molecule has 1 atom stereocenters. The summed E-state index contributed by atoms with van der Waals surface area (Å²) in [5.41, 5.74) is 4.20. The highest BCUT2D eigenvalue weighted by molar-refractivity contribution is 7.32. The molecule has 0 saturated carbocycles. The van der Waals surface area contributed by atoms with Crippen molar-refractivity contribution in [1.82, 2.24) is 20.2 Å². The lowest BCUT2D eigenvalue weighted by Gasteiger charge is -2.28. The molecule has 0 bridgehead atoms. The smallest absolute Gasteiger partial charge is 0.378 e. The van der Waals surface area contributed by atoms with Crippen molar-refractivity contribution in [2.24, 2.45) is 0 Å². The van der Waals surface area contributed by atoms with E-state index in [4.69, 9.17) is 19.1 Å². The molecule has 1 fully saturated rings. The van der Waals surface area contributed by atoms with Crippen LogP contribution in [0.3, 0.4) is 0 Å². The first-order valence-corrected chi connectivity index (χ1v) is 10.9. The Labute approximate surface area is 178 Å². The molecule has 1 aromatic carbocycles. The third-order valence-corrected chi connectivity index (χ3v) is 5.52. The van der Waals surface area contributed by atoms with E-state index >= 15 is 0 Å². The zero-order valence-electron chi connectivity index (χ0n) is 16.4. The van der Waals surface area contributed by atoms with Gasteiger partial charge in [0.05, 0.1) is 18.9 Å². The minimum absolute atomic E-state index is 0.332. The van der Waals surface area contributed by atoms with Gasteiger partial charge in [-0.2, -0.15) is 5.10 Å². The van der Waals surface area contributed by atoms with Gasteiger partial charge in [-0.3, -0.25) is 10.1 Å². The molecule has 3 aromatic heterocycles. The number of morpholine rings is 1. The van der Waals surface area contributed by atoms with Crippen LogP contribution < -0.4 is 9.42 Å². The molecule has 1 saturated heterocycles. The van der Waals surface area contributed by atoms with Crippen molar-refractivity contribution >= 4 is 25.0 Å². The van der Waals surface area contributed by atoms with Crippen LogP contribution in [0, 0.1) is 0 Å². The Morgan fingerprint density at radius 2 is 1.90 bits per heavy atom. The van der Waals surface area contributed by atoms with E-state index in [2.05, 4.69) is 26.1 Å². The first kappa shape index (κ1) is 19.6. The highest BCUT2D eigenvalue weighted by Crippen LogP contribution is 2.36. The normalized spacial score (nSPS) is 14.6. The SMILES string of the molecule is O=[P+](O)Oc1ccc(-c2cc(N3CCOCC3)nc3c(-c4ccn[nH]4)nccc23)cc1. The Kier molecular flexibility index (Phi) is 5.30. The van der Waals surface area contributed by atoms with Gasteiger partial charge >= 0.3 is 8.25 Å². The van der Waals surface area contributed by atoms with Gasteiger partial charge in [-0.15, -0.1) is 4.89 Å². The number of hydrogen-bond donors (Lipinski definition) is 2. The predicted octanol–water partition coefficient (Wildman–Crippen LogP) is 3.55. The summed E-state index contributed by atoms with van der Waals surface area (Å²) in [6.07, 6.45) is 3.44. The maximum Gasteiger partial charge on any atom is 0.747 e. The minimum atomic E-state index is -2.70. The molecule has 1 unspecified atom stereocenters. The Balaban J connectivity index is 1.68. The number of anilines is 1. The van der Waals surface area contributed by atoms with Crippen molar-refractivity contribution in [2.45, 2.75) is 0 Å². The highest BCUT2D eigenvalue weighted by atomic mass is 31.1. The monoisotopic (exact) mass is 436 g/mol. The number of fused-ring (bicyclic) bond motifs is 1. The molecule has 0 radical (unpaired) electrons. The quantitative estimate of drug-likeness (QED) is 0.457. The first-order valence-electron chi connectivity index (χ1n) is 9.76. The van der Waals surface area contributed by atoms with Gasteiger partial charge in [-0.1, -0.05) is 12.1 Å². The van der Waals surface area contributed by atoms with Crippen molar-refractivity contribution in [1.29, 1.82) is 0 Å². The van der Waals surface area contributed by atoms with Gasteiger partial charge in [0, 0.05) is 35.4 Å². The topological polar surface area (TPSA) is 113 Å². The van der Waals surface area contributed by atoms with E-state index in [-0.39, 0.29) is 0 Å². The van der Waals surface area contributed by atoms with Gasteiger partial charge in [0.15, 0.2) is 5.75 Å². The van der Waals surface area contributed by atoms with Crippen molar-refractivity contribution in [3.8, 4) is 28.3 Å². The molecule has 0 spiro atoms. The second kappa shape index (κ2) is 8.39. The summed E-state index contributed by atoms with van der Waals surface area (Å²) >= 11 is 0. The number of ether oxygens (including phenoxy) is 1. The van der Waals surface area contributed by atoms with Crippen LogP contribution in [-0.2, 0) is 9.30 Å². The fourth-order valence-corrected chi connectivity index (χ4v) is 4.00. The maximum absolute atomic E-state index is 11.0. The van der Waals surface area contributed by atoms with Crippen LogP contribution in [0.15, 0.2) is 54.9 Å². The molecule has 1 aliphatic rings. The van der Waals surface area contributed by atoms with E-state index in [1.165, 1.54) is 0 Å². The molecule has 31 heavy (non-hydrogen) atoms. The summed E-state index contributed by atoms with van der Waals surface area (Å²) < 4.78 is 21.3. The zero-order chi connectivity index (χ0) is 21.2. The molecule has 0 amide bonds. The number of aromatic amines is 1. The summed E-state index contributed by atoms with van der Waals surface area (Å²) in [4.78, 5) is 20.7. The van der Waals surface area contributed by atoms with Gasteiger partial charge in [0.25, 0.3) is 0 Å². The van der Waals surface area contributed by atoms with Crippen molar-refractivity contribution in [2.75, 3.05) is 31.2 Å². The van der Waals surface area contributed by atoms with Crippen molar-refractivity contribution in [3.63, 3.8) is 0 Å². The first-order chi connectivity index (χ1) is 15.2. The second-order valence-corrected chi connectivity index (χ2v) is 7.67. The summed E-state index contributed by atoms with van der Waals surface area (Å²) in [6, 6.07) is 13.0. The summed E-state index contributed by atoms with van der Waals surface area (Å²) in [5.74, 6) is 1.18. The number of nitrogens with zero attached hydrogens (tertiary/aromatic N) is 4. The number of pyridine rings is 2. The molecular weight excluding hydrogens is 417 g/mol. The lowest BCUT2D eigenvalue weighted by molar-refractivity contribution is 0.122. The van der Waals surface area contributed by atoms with Crippen LogP contribution in [0.4, 0.5) is 5.82 Å². The molecule has 0 aliphatic carbocycles. The Hall–Kier alpha value is -3.39. The average molecular weight is 436 g/mol. The van der Waals surface area contributed by atoms with Gasteiger partial charge in [-0.05, 0) is 41.5 Å². The number of rotatable bonds is 5. The van der Waals surface area contributed by atoms with Crippen LogP contribution in [-0.4, -0.2) is 51.4 Å². The van der Waals surface area contributed by atoms with E-state index < -0.39 is 8.25 Å². The molecule has 156 valence electrons.